The highest BCUT2D eigenvalue weighted by Gasteiger charge is 2.22. The summed E-state index contributed by atoms with van der Waals surface area (Å²) in [6, 6.07) is 13.9. The minimum Gasteiger partial charge on any atom is -0.397 e. The van der Waals surface area contributed by atoms with Crippen LogP contribution in [0.2, 0.25) is 0 Å². The van der Waals surface area contributed by atoms with E-state index in [1.54, 1.807) is 6.20 Å². The molecule has 0 bridgehead atoms. The molecule has 0 aliphatic rings. The number of carbonyl (C=O) groups is 1. The molecule has 8 heteroatoms. The lowest BCUT2D eigenvalue weighted by Crippen LogP contribution is -2.29. The molecule has 0 amide bonds. The van der Waals surface area contributed by atoms with Crippen LogP contribution in [0.1, 0.15) is 29.4 Å². The van der Waals surface area contributed by atoms with Gasteiger partial charge in [0.15, 0.2) is 5.78 Å². The van der Waals surface area contributed by atoms with Crippen LogP contribution in [-0.4, -0.2) is 59.5 Å². The van der Waals surface area contributed by atoms with Crippen LogP contribution in [0.5, 0.6) is 0 Å². The van der Waals surface area contributed by atoms with Crippen molar-refractivity contribution >= 4 is 39.7 Å². The summed E-state index contributed by atoms with van der Waals surface area (Å²) in [6.45, 7) is 5.73. The van der Waals surface area contributed by atoms with Gasteiger partial charge in [-0.1, -0.05) is 25.1 Å². The summed E-state index contributed by atoms with van der Waals surface area (Å²) in [5.74, 6) is 0.529. The maximum absolute atomic E-state index is 12.9. The Morgan fingerprint density at radius 2 is 1.86 bits per heavy atom. The van der Waals surface area contributed by atoms with E-state index in [4.69, 9.17) is 10.7 Å². The summed E-state index contributed by atoms with van der Waals surface area (Å²) in [7, 11) is 8.10. The summed E-state index contributed by atoms with van der Waals surface area (Å²) >= 11 is 0. The number of nitrogen functional groups attached to an aromatic ring is 1. The van der Waals surface area contributed by atoms with Crippen LogP contribution in [0.3, 0.4) is 0 Å². The summed E-state index contributed by atoms with van der Waals surface area (Å²) in [4.78, 5) is 26.5. The molecule has 188 valence electrons. The third-order valence-electron chi connectivity index (χ3n) is 6.52. The average Bonchev–Trinajstić information content (AvgIpc) is 3.16. The Hall–Kier alpha value is -3.91. The van der Waals surface area contributed by atoms with Gasteiger partial charge in [0.2, 0.25) is 5.95 Å². The van der Waals surface area contributed by atoms with E-state index in [0.29, 0.717) is 29.4 Å². The number of carbonyl (C=O) groups excluding carboxylic acids is 1. The number of anilines is 4. The van der Waals surface area contributed by atoms with E-state index in [0.717, 1.165) is 46.5 Å². The number of hydrogen-bond donors (Lipinski definition) is 2. The quantitative estimate of drug-likeness (QED) is 0.258. The first-order valence-electron chi connectivity index (χ1n) is 12.2. The van der Waals surface area contributed by atoms with Gasteiger partial charge in [-0.05, 0) is 50.8 Å². The zero-order valence-electron chi connectivity index (χ0n) is 22.0. The van der Waals surface area contributed by atoms with Crippen LogP contribution in [-0.2, 0) is 7.05 Å². The molecular formula is C28H35N7O. The molecule has 0 unspecified atom stereocenters. The molecular weight excluding hydrogens is 450 g/mol. The van der Waals surface area contributed by atoms with Crippen LogP contribution < -0.4 is 16.0 Å². The lowest BCUT2D eigenvalue weighted by atomic mass is 10.0. The highest BCUT2D eigenvalue weighted by Crippen LogP contribution is 2.35. The largest absolute Gasteiger partial charge is 0.397 e. The van der Waals surface area contributed by atoms with Gasteiger partial charge in [0.25, 0.3) is 0 Å². The van der Waals surface area contributed by atoms with E-state index in [1.807, 2.05) is 68.9 Å². The SMILES string of the molecule is CCC(=O)c1c(-c2ccnc(Nc3cc(N)c(N(C)CCN(C)C)cc3C)n2)c2ccccc2n1C. The zero-order chi connectivity index (χ0) is 26.0. The zero-order valence-corrected chi connectivity index (χ0v) is 22.0. The third-order valence-corrected chi connectivity index (χ3v) is 6.52. The number of benzene rings is 2. The second-order valence-electron chi connectivity index (χ2n) is 9.42. The molecule has 2 heterocycles. The molecule has 0 aliphatic heterocycles. The number of aromatic nitrogens is 3. The van der Waals surface area contributed by atoms with Crippen molar-refractivity contribution in [2.75, 3.05) is 50.2 Å². The van der Waals surface area contributed by atoms with Gasteiger partial charge in [-0.3, -0.25) is 4.79 Å². The van der Waals surface area contributed by atoms with Crippen molar-refractivity contribution in [3.05, 3.63) is 59.9 Å². The molecule has 2 aromatic carbocycles. The molecule has 0 spiro atoms. The minimum absolute atomic E-state index is 0.0782. The van der Waals surface area contributed by atoms with Crippen LogP contribution >= 0.6 is 0 Å². The second kappa shape index (κ2) is 10.4. The number of fused-ring (bicyclic) bond motifs is 1. The molecule has 4 rings (SSSR count). The van der Waals surface area contributed by atoms with Crippen molar-refractivity contribution < 1.29 is 4.79 Å². The number of likely N-dealkylation sites (N-methyl/N-ethyl adjacent to an activating group) is 2. The van der Waals surface area contributed by atoms with Gasteiger partial charge in [0, 0.05) is 62.0 Å². The van der Waals surface area contributed by atoms with Crippen molar-refractivity contribution in [1.82, 2.24) is 19.4 Å². The van der Waals surface area contributed by atoms with E-state index >= 15 is 0 Å². The van der Waals surface area contributed by atoms with Crippen molar-refractivity contribution in [2.45, 2.75) is 20.3 Å². The third kappa shape index (κ3) is 4.90. The molecule has 0 fully saturated rings. The van der Waals surface area contributed by atoms with Gasteiger partial charge < -0.3 is 25.4 Å². The number of rotatable bonds is 9. The Bertz CT molecular complexity index is 1410. The van der Waals surface area contributed by atoms with E-state index < -0.39 is 0 Å². The Balaban J connectivity index is 1.70. The Labute approximate surface area is 212 Å². The summed E-state index contributed by atoms with van der Waals surface area (Å²) in [5.41, 5.74) is 13.2. The average molecular weight is 486 g/mol. The number of hydrogen-bond acceptors (Lipinski definition) is 7. The number of Topliss-reactive ketones (excluding diaryl/α,β-unsaturated/α-hetero) is 1. The van der Waals surface area contributed by atoms with Crippen LogP contribution in [0.15, 0.2) is 48.7 Å². The molecule has 0 aliphatic carbocycles. The van der Waals surface area contributed by atoms with Crippen molar-refractivity contribution in [1.29, 1.82) is 0 Å². The normalized spacial score (nSPS) is 11.3. The van der Waals surface area contributed by atoms with Crippen LogP contribution in [0.4, 0.5) is 23.0 Å². The number of para-hydroxylation sites is 1. The van der Waals surface area contributed by atoms with Gasteiger partial charge in [-0.2, -0.15) is 0 Å². The molecule has 0 atom stereocenters. The molecule has 4 aromatic rings. The van der Waals surface area contributed by atoms with Crippen molar-refractivity contribution in [3.63, 3.8) is 0 Å². The van der Waals surface area contributed by atoms with Gasteiger partial charge in [-0.25, -0.2) is 9.97 Å². The van der Waals surface area contributed by atoms with E-state index in [2.05, 4.69) is 40.3 Å². The smallest absolute Gasteiger partial charge is 0.227 e. The topological polar surface area (TPSA) is 92.3 Å². The number of nitrogens with one attached hydrogen (secondary N) is 1. The number of nitrogens with two attached hydrogens (primary N) is 1. The number of nitrogens with zero attached hydrogens (tertiary/aromatic N) is 5. The van der Waals surface area contributed by atoms with Gasteiger partial charge in [-0.15, -0.1) is 0 Å². The summed E-state index contributed by atoms with van der Waals surface area (Å²) in [5, 5.41) is 4.33. The molecule has 0 saturated heterocycles. The monoisotopic (exact) mass is 485 g/mol. The maximum Gasteiger partial charge on any atom is 0.227 e. The van der Waals surface area contributed by atoms with Crippen LogP contribution in [0.25, 0.3) is 22.2 Å². The molecule has 3 N–H and O–H groups in total. The lowest BCUT2D eigenvalue weighted by molar-refractivity contribution is 0.0981. The Kier molecular flexibility index (Phi) is 7.26. The van der Waals surface area contributed by atoms with Gasteiger partial charge in [0.1, 0.15) is 0 Å². The predicted molar refractivity (Wildman–Crippen MR) is 149 cm³/mol. The molecule has 0 saturated carbocycles. The first kappa shape index (κ1) is 25.2. The fourth-order valence-electron chi connectivity index (χ4n) is 4.47. The van der Waals surface area contributed by atoms with Gasteiger partial charge in [0.05, 0.1) is 22.8 Å². The number of ketones is 1. The van der Waals surface area contributed by atoms with E-state index in [9.17, 15) is 4.79 Å². The second-order valence-corrected chi connectivity index (χ2v) is 9.42. The van der Waals surface area contributed by atoms with Crippen LogP contribution in [0, 0.1) is 6.92 Å². The maximum atomic E-state index is 12.9. The Morgan fingerprint density at radius 3 is 2.58 bits per heavy atom. The summed E-state index contributed by atoms with van der Waals surface area (Å²) in [6.07, 6.45) is 2.13. The molecule has 8 nitrogen and oxygen atoms in total. The number of aryl methyl sites for hydroxylation is 2. The molecule has 36 heavy (non-hydrogen) atoms. The fourth-order valence-corrected chi connectivity index (χ4v) is 4.47. The highest BCUT2D eigenvalue weighted by atomic mass is 16.1. The first-order valence-corrected chi connectivity index (χ1v) is 12.2. The van der Waals surface area contributed by atoms with E-state index in [-0.39, 0.29) is 5.78 Å². The minimum atomic E-state index is 0.0782. The summed E-state index contributed by atoms with van der Waals surface area (Å²) < 4.78 is 1.96. The molecule has 0 radical (unpaired) electrons. The van der Waals surface area contributed by atoms with Gasteiger partial charge >= 0.3 is 0 Å². The Morgan fingerprint density at radius 1 is 1.11 bits per heavy atom. The predicted octanol–water partition coefficient (Wildman–Crippen LogP) is 4.86. The lowest BCUT2D eigenvalue weighted by Gasteiger charge is -2.24. The molecule has 2 aromatic heterocycles. The van der Waals surface area contributed by atoms with Crippen molar-refractivity contribution in [3.8, 4) is 11.3 Å². The standard InChI is InChI=1S/C28H35N7O/c1-7-25(36)27-26(19-10-8-9-11-23(19)35(27)6)21-12-13-30-28(31-21)32-22-17-20(29)24(16-18(22)2)34(5)15-14-33(3)4/h8-13,16-17H,7,14-15,29H2,1-6H3,(H,30,31,32). The van der Waals surface area contributed by atoms with E-state index in [1.165, 1.54) is 0 Å². The van der Waals surface area contributed by atoms with Crippen molar-refractivity contribution in [2.24, 2.45) is 7.05 Å². The first-order chi connectivity index (χ1) is 17.2. The fraction of sp³-hybridized carbons (Fsp3) is 0.321. The highest BCUT2D eigenvalue weighted by molar-refractivity contribution is 6.10.